The highest BCUT2D eigenvalue weighted by atomic mass is 35.5. The summed E-state index contributed by atoms with van der Waals surface area (Å²) in [6, 6.07) is 13.4. The molecule has 0 spiro atoms. The number of rotatable bonds is 6. The van der Waals surface area contributed by atoms with Crippen LogP contribution >= 0.6 is 23.2 Å². The van der Waals surface area contributed by atoms with E-state index in [1.54, 1.807) is 18.2 Å². The second kappa shape index (κ2) is 9.15. The van der Waals surface area contributed by atoms with E-state index in [-0.39, 0.29) is 5.91 Å². The highest BCUT2D eigenvalue weighted by Gasteiger charge is 2.10. The van der Waals surface area contributed by atoms with E-state index in [4.69, 9.17) is 23.2 Å². The van der Waals surface area contributed by atoms with Crippen molar-refractivity contribution in [1.29, 1.82) is 0 Å². The van der Waals surface area contributed by atoms with Crippen LogP contribution in [0.15, 0.2) is 42.5 Å². The number of amides is 1. The van der Waals surface area contributed by atoms with Gasteiger partial charge in [0, 0.05) is 42.5 Å². The van der Waals surface area contributed by atoms with E-state index >= 15 is 0 Å². The number of hydrogen-bond acceptors (Lipinski definition) is 3. The van der Waals surface area contributed by atoms with Crippen LogP contribution in [0.1, 0.15) is 25.7 Å². The van der Waals surface area contributed by atoms with Gasteiger partial charge in [-0.15, -0.1) is 0 Å². The lowest BCUT2D eigenvalue weighted by Gasteiger charge is -2.28. The van der Waals surface area contributed by atoms with Crippen molar-refractivity contribution in [1.82, 2.24) is 0 Å². The largest absolute Gasteiger partial charge is 0.385 e. The van der Waals surface area contributed by atoms with Crippen molar-refractivity contribution in [2.75, 3.05) is 35.2 Å². The van der Waals surface area contributed by atoms with E-state index in [9.17, 15) is 4.79 Å². The van der Waals surface area contributed by atoms with Crippen molar-refractivity contribution < 1.29 is 4.79 Å². The number of hydrogen-bond donors (Lipinski definition) is 2. The molecule has 1 amide bonds. The van der Waals surface area contributed by atoms with Crippen LogP contribution in [0.5, 0.6) is 0 Å². The average molecular weight is 392 g/mol. The Morgan fingerprint density at radius 1 is 1.00 bits per heavy atom. The fraction of sp³-hybridized carbons (Fsp3) is 0.350. The molecule has 1 aliphatic heterocycles. The summed E-state index contributed by atoms with van der Waals surface area (Å²) in [5.41, 5.74) is 2.86. The van der Waals surface area contributed by atoms with E-state index in [1.807, 2.05) is 0 Å². The Morgan fingerprint density at radius 2 is 1.73 bits per heavy atom. The lowest BCUT2D eigenvalue weighted by atomic mass is 10.1. The molecule has 1 fully saturated rings. The molecule has 138 valence electrons. The highest BCUT2D eigenvalue weighted by molar-refractivity contribution is 6.36. The van der Waals surface area contributed by atoms with Gasteiger partial charge in [0.15, 0.2) is 0 Å². The summed E-state index contributed by atoms with van der Waals surface area (Å²) in [6.45, 7) is 2.83. The molecule has 0 atom stereocenters. The Morgan fingerprint density at radius 3 is 2.42 bits per heavy atom. The molecule has 3 rings (SSSR count). The zero-order valence-electron chi connectivity index (χ0n) is 14.6. The van der Waals surface area contributed by atoms with Gasteiger partial charge in [0.1, 0.15) is 0 Å². The first-order valence-electron chi connectivity index (χ1n) is 8.95. The number of anilines is 3. The first-order chi connectivity index (χ1) is 12.6. The Bertz CT molecular complexity index is 743. The fourth-order valence-electron chi connectivity index (χ4n) is 3.07. The Labute approximate surface area is 164 Å². The summed E-state index contributed by atoms with van der Waals surface area (Å²) in [5.74, 6) is -0.0911. The van der Waals surface area contributed by atoms with Gasteiger partial charge in [0.25, 0.3) is 0 Å². The maximum atomic E-state index is 12.1. The van der Waals surface area contributed by atoms with Gasteiger partial charge in [-0.2, -0.15) is 0 Å². The minimum absolute atomic E-state index is 0.0911. The summed E-state index contributed by atoms with van der Waals surface area (Å²) in [5, 5.41) is 7.06. The van der Waals surface area contributed by atoms with E-state index in [2.05, 4.69) is 39.8 Å². The zero-order chi connectivity index (χ0) is 18.4. The van der Waals surface area contributed by atoms with Crippen LogP contribution in [-0.4, -0.2) is 25.5 Å². The highest BCUT2D eigenvalue weighted by Crippen LogP contribution is 2.25. The quantitative estimate of drug-likeness (QED) is 0.690. The number of nitrogens with one attached hydrogen (secondary N) is 2. The molecule has 4 nitrogen and oxygen atoms in total. The molecule has 2 aromatic carbocycles. The summed E-state index contributed by atoms with van der Waals surface area (Å²) < 4.78 is 0. The Balaban J connectivity index is 1.44. The van der Waals surface area contributed by atoms with E-state index in [1.165, 1.54) is 24.9 Å². The minimum atomic E-state index is -0.0911. The molecule has 0 aromatic heterocycles. The van der Waals surface area contributed by atoms with Gasteiger partial charge in [-0.25, -0.2) is 0 Å². The first-order valence-corrected chi connectivity index (χ1v) is 9.71. The van der Waals surface area contributed by atoms with Crippen molar-refractivity contribution in [3.8, 4) is 0 Å². The second-order valence-electron chi connectivity index (χ2n) is 6.44. The van der Waals surface area contributed by atoms with Crippen LogP contribution in [-0.2, 0) is 4.79 Å². The number of carbonyl (C=O) groups is 1. The van der Waals surface area contributed by atoms with Crippen molar-refractivity contribution in [2.24, 2.45) is 0 Å². The monoisotopic (exact) mass is 391 g/mol. The molecule has 1 heterocycles. The van der Waals surface area contributed by atoms with Crippen molar-refractivity contribution in [2.45, 2.75) is 25.7 Å². The predicted molar refractivity (Wildman–Crippen MR) is 111 cm³/mol. The van der Waals surface area contributed by atoms with Crippen LogP contribution in [0, 0.1) is 0 Å². The lowest BCUT2D eigenvalue weighted by Crippen LogP contribution is -2.29. The van der Waals surface area contributed by atoms with Gasteiger partial charge in [0.2, 0.25) is 5.91 Å². The average Bonchev–Trinajstić information content (AvgIpc) is 2.65. The molecule has 0 radical (unpaired) electrons. The van der Waals surface area contributed by atoms with Crippen LogP contribution in [0.4, 0.5) is 17.1 Å². The lowest BCUT2D eigenvalue weighted by molar-refractivity contribution is -0.115. The molecule has 26 heavy (non-hydrogen) atoms. The Kier molecular flexibility index (Phi) is 6.64. The normalized spacial score (nSPS) is 14.2. The number of nitrogens with zero attached hydrogens (tertiary/aromatic N) is 1. The standard InChI is InChI=1S/C20H23Cl2N3O/c21-15-4-9-19(18(22)14-15)24-20(26)10-11-23-16-5-7-17(8-6-16)25-12-2-1-3-13-25/h4-9,14,23H,1-3,10-13H2,(H,24,26). The molecule has 1 saturated heterocycles. The zero-order valence-corrected chi connectivity index (χ0v) is 16.1. The van der Waals surface area contributed by atoms with Gasteiger partial charge < -0.3 is 15.5 Å². The van der Waals surface area contributed by atoms with Crippen molar-refractivity contribution in [3.63, 3.8) is 0 Å². The molecular formula is C20H23Cl2N3O. The SMILES string of the molecule is O=C(CCNc1ccc(N2CCCCC2)cc1)Nc1ccc(Cl)cc1Cl. The van der Waals surface area contributed by atoms with Crippen molar-refractivity contribution in [3.05, 3.63) is 52.5 Å². The van der Waals surface area contributed by atoms with Crippen molar-refractivity contribution >= 4 is 46.2 Å². The summed E-state index contributed by atoms with van der Waals surface area (Å²) >= 11 is 11.9. The minimum Gasteiger partial charge on any atom is -0.385 e. The maximum absolute atomic E-state index is 12.1. The van der Waals surface area contributed by atoms with Gasteiger partial charge >= 0.3 is 0 Å². The smallest absolute Gasteiger partial charge is 0.226 e. The van der Waals surface area contributed by atoms with Gasteiger partial charge in [-0.1, -0.05) is 23.2 Å². The third-order valence-corrected chi connectivity index (χ3v) is 5.02. The second-order valence-corrected chi connectivity index (χ2v) is 7.29. The van der Waals surface area contributed by atoms with E-state index in [0.717, 1.165) is 18.8 Å². The Hall–Kier alpha value is -1.91. The third-order valence-electron chi connectivity index (χ3n) is 4.47. The van der Waals surface area contributed by atoms with Crippen LogP contribution in [0.2, 0.25) is 10.0 Å². The fourth-order valence-corrected chi connectivity index (χ4v) is 3.52. The van der Waals surface area contributed by atoms with Gasteiger partial charge in [-0.3, -0.25) is 4.79 Å². The maximum Gasteiger partial charge on any atom is 0.226 e. The molecule has 0 aliphatic carbocycles. The molecular weight excluding hydrogens is 369 g/mol. The topological polar surface area (TPSA) is 44.4 Å². The molecule has 0 unspecified atom stereocenters. The number of carbonyl (C=O) groups excluding carboxylic acids is 1. The third kappa shape index (κ3) is 5.29. The summed E-state index contributed by atoms with van der Waals surface area (Å²) in [6.07, 6.45) is 4.23. The molecule has 0 bridgehead atoms. The molecule has 2 aromatic rings. The summed E-state index contributed by atoms with van der Waals surface area (Å²) in [7, 11) is 0. The van der Waals surface area contributed by atoms with Crippen LogP contribution < -0.4 is 15.5 Å². The number of piperidine rings is 1. The van der Waals surface area contributed by atoms with E-state index < -0.39 is 0 Å². The van der Waals surface area contributed by atoms with Crippen LogP contribution in [0.3, 0.4) is 0 Å². The first kappa shape index (κ1) is 18.9. The molecule has 2 N–H and O–H groups in total. The molecule has 0 saturated carbocycles. The summed E-state index contributed by atoms with van der Waals surface area (Å²) in [4.78, 5) is 14.5. The van der Waals surface area contributed by atoms with Gasteiger partial charge in [-0.05, 0) is 61.7 Å². The molecule has 6 heteroatoms. The number of halogens is 2. The number of benzene rings is 2. The van der Waals surface area contributed by atoms with E-state index in [0.29, 0.717) is 28.7 Å². The predicted octanol–water partition coefficient (Wildman–Crippen LogP) is 5.42. The molecule has 1 aliphatic rings. The van der Waals surface area contributed by atoms with Crippen LogP contribution in [0.25, 0.3) is 0 Å². The van der Waals surface area contributed by atoms with Gasteiger partial charge in [0.05, 0.1) is 10.7 Å².